The first-order valence-electron chi connectivity index (χ1n) is 7.00. The third-order valence-electron chi connectivity index (χ3n) is 3.13. The van der Waals surface area contributed by atoms with Crippen LogP contribution in [0.25, 0.3) is 0 Å². The molecule has 0 aliphatic heterocycles. The van der Waals surface area contributed by atoms with Crippen molar-refractivity contribution < 1.29 is 4.79 Å². The van der Waals surface area contributed by atoms with Gasteiger partial charge in [0.05, 0.1) is 10.7 Å². The second kappa shape index (κ2) is 7.57. The number of aromatic nitrogens is 1. The van der Waals surface area contributed by atoms with Crippen LogP contribution < -0.4 is 5.32 Å². The van der Waals surface area contributed by atoms with Crippen LogP contribution in [0.15, 0.2) is 29.6 Å². The van der Waals surface area contributed by atoms with Gasteiger partial charge < -0.3 is 5.32 Å². The molecule has 0 saturated carbocycles. The fraction of sp³-hybridized carbons (Fsp3) is 0.375. The highest BCUT2D eigenvalue weighted by Gasteiger charge is 2.08. The summed E-state index contributed by atoms with van der Waals surface area (Å²) in [5, 5.41) is 6.72. The Bertz CT molecular complexity index is 593. The minimum Gasteiger partial charge on any atom is -0.352 e. The summed E-state index contributed by atoms with van der Waals surface area (Å²) in [7, 11) is 0. The molecule has 5 heteroatoms. The molecule has 0 unspecified atom stereocenters. The van der Waals surface area contributed by atoms with Crippen LogP contribution in [0.2, 0.25) is 5.02 Å². The van der Waals surface area contributed by atoms with E-state index in [2.05, 4.69) is 29.5 Å². The third-order valence-corrected chi connectivity index (χ3v) is 4.31. The molecule has 1 N–H and O–H groups in total. The maximum absolute atomic E-state index is 11.8. The Hall–Kier alpha value is -1.39. The quantitative estimate of drug-likeness (QED) is 0.867. The van der Waals surface area contributed by atoms with Gasteiger partial charge in [0.1, 0.15) is 0 Å². The lowest BCUT2D eigenvalue weighted by atomic mass is 10.2. The number of aryl methyl sites for hydroxylation is 1. The van der Waals surface area contributed by atoms with Gasteiger partial charge in [-0.15, -0.1) is 11.3 Å². The molecule has 112 valence electrons. The van der Waals surface area contributed by atoms with Crippen molar-refractivity contribution in [2.24, 2.45) is 0 Å². The SMILES string of the molecule is CC(C)c1csc(CCC(=O)NCc2ccc(Cl)cc2)n1. The molecular formula is C16H19ClN2OS. The fourth-order valence-electron chi connectivity index (χ4n) is 1.82. The topological polar surface area (TPSA) is 42.0 Å². The van der Waals surface area contributed by atoms with Crippen molar-refractivity contribution in [3.63, 3.8) is 0 Å². The standard InChI is InChI=1S/C16H19ClN2OS/c1-11(2)14-10-21-16(19-14)8-7-15(20)18-9-12-3-5-13(17)6-4-12/h3-6,10-11H,7-9H2,1-2H3,(H,18,20). The molecule has 3 nitrogen and oxygen atoms in total. The van der Waals surface area contributed by atoms with E-state index in [0.29, 0.717) is 30.3 Å². The molecule has 0 atom stereocenters. The van der Waals surface area contributed by atoms with E-state index in [4.69, 9.17) is 11.6 Å². The Labute approximate surface area is 134 Å². The Balaban J connectivity index is 1.75. The van der Waals surface area contributed by atoms with Gasteiger partial charge in [-0.1, -0.05) is 37.6 Å². The summed E-state index contributed by atoms with van der Waals surface area (Å²) < 4.78 is 0. The molecule has 1 heterocycles. The van der Waals surface area contributed by atoms with E-state index in [1.165, 1.54) is 0 Å². The number of carbonyl (C=O) groups excluding carboxylic acids is 1. The summed E-state index contributed by atoms with van der Waals surface area (Å²) >= 11 is 7.45. The van der Waals surface area contributed by atoms with Crippen molar-refractivity contribution >= 4 is 28.8 Å². The molecule has 0 saturated heterocycles. The largest absolute Gasteiger partial charge is 0.352 e. The Morgan fingerprint density at radius 1 is 1.33 bits per heavy atom. The molecule has 0 spiro atoms. The van der Waals surface area contributed by atoms with Gasteiger partial charge in [-0.3, -0.25) is 4.79 Å². The molecular weight excluding hydrogens is 304 g/mol. The number of rotatable bonds is 6. The molecule has 0 bridgehead atoms. The van der Waals surface area contributed by atoms with Gasteiger partial charge in [-0.25, -0.2) is 4.98 Å². The molecule has 1 amide bonds. The smallest absolute Gasteiger partial charge is 0.220 e. The minimum atomic E-state index is 0.0475. The second-order valence-electron chi connectivity index (χ2n) is 5.22. The second-order valence-corrected chi connectivity index (χ2v) is 6.60. The number of amides is 1. The normalized spacial score (nSPS) is 10.9. The van der Waals surface area contributed by atoms with Crippen LogP contribution in [0.3, 0.4) is 0 Å². The van der Waals surface area contributed by atoms with Crippen molar-refractivity contribution in [1.82, 2.24) is 10.3 Å². The van der Waals surface area contributed by atoms with Gasteiger partial charge in [-0.05, 0) is 23.6 Å². The van der Waals surface area contributed by atoms with Crippen LogP contribution in [0.1, 0.15) is 42.5 Å². The predicted octanol–water partition coefficient (Wildman–Crippen LogP) is 4.17. The summed E-state index contributed by atoms with van der Waals surface area (Å²) in [4.78, 5) is 16.4. The molecule has 0 radical (unpaired) electrons. The monoisotopic (exact) mass is 322 g/mol. The lowest BCUT2D eigenvalue weighted by molar-refractivity contribution is -0.121. The van der Waals surface area contributed by atoms with Crippen LogP contribution in [0, 0.1) is 0 Å². The number of hydrogen-bond donors (Lipinski definition) is 1. The van der Waals surface area contributed by atoms with E-state index in [-0.39, 0.29) is 5.91 Å². The molecule has 2 aromatic rings. The predicted molar refractivity (Wildman–Crippen MR) is 87.8 cm³/mol. The van der Waals surface area contributed by atoms with Gasteiger partial charge in [0, 0.05) is 29.8 Å². The highest BCUT2D eigenvalue weighted by molar-refractivity contribution is 7.09. The zero-order chi connectivity index (χ0) is 15.2. The number of thiazole rings is 1. The van der Waals surface area contributed by atoms with Gasteiger partial charge in [-0.2, -0.15) is 0 Å². The number of halogens is 1. The minimum absolute atomic E-state index is 0.0475. The van der Waals surface area contributed by atoms with Gasteiger partial charge in [0.25, 0.3) is 0 Å². The lowest BCUT2D eigenvalue weighted by Crippen LogP contribution is -2.22. The van der Waals surface area contributed by atoms with E-state index in [1.54, 1.807) is 11.3 Å². The van der Waals surface area contributed by atoms with Crippen molar-refractivity contribution in [2.45, 2.75) is 39.2 Å². The summed E-state index contributed by atoms with van der Waals surface area (Å²) in [6.45, 7) is 4.78. The van der Waals surface area contributed by atoms with Crippen molar-refractivity contribution in [1.29, 1.82) is 0 Å². The van der Waals surface area contributed by atoms with Gasteiger partial charge in [0.15, 0.2) is 0 Å². The molecule has 21 heavy (non-hydrogen) atoms. The fourth-order valence-corrected chi connectivity index (χ4v) is 2.90. The first-order chi connectivity index (χ1) is 10.0. The van der Waals surface area contributed by atoms with E-state index >= 15 is 0 Å². The average Bonchev–Trinajstić information content (AvgIpc) is 2.93. The molecule has 1 aromatic heterocycles. The summed E-state index contributed by atoms with van der Waals surface area (Å²) in [6.07, 6.45) is 1.17. The highest BCUT2D eigenvalue weighted by Crippen LogP contribution is 2.18. The third kappa shape index (κ3) is 5.14. The summed E-state index contributed by atoms with van der Waals surface area (Å²) in [6, 6.07) is 7.48. The number of benzene rings is 1. The van der Waals surface area contributed by atoms with Gasteiger partial charge >= 0.3 is 0 Å². The van der Waals surface area contributed by atoms with Crippen LogP contribution in [0.4, 0.5) is 0 Å². The zero-order valence-electron chi connectivity index (χ0n) is 12.2. The Morgan fingerprint density at radius 3 is 2.67 bits per heavy atom. The maximum Gasteiger partial charge on any atom is 0.220 e. The average molecular weight is 323 g/mol. The Morgan fingerprint density at radius 2 is 2.05 bits per heavy atom. The molecule has 0 fully saturated rings. The van der Waals surface area contributed by atoms with Crippen molar-refractivity contribution in [3.05, 3.63) is 50.9 Å². The van der Waals surface area contributed by atoms with Crippen LogP contribution in [-0.4, -0.2) is 10.9 Å². The highest BCUT2D eigenvalue weighted by atomic mass is 35.5. The van der Waals surface area contributed by atoms with Crippen LogP contribution >= 0.6 is 22.9 Å². The summed E-state index contributed by atoms with van der Waals surface area (Å²) in [5.41, 5.74) is 2.15. The van der Waals surface area contributed by atoms with E-state index < -0.39 is 0 Å². The Kier molecular flexibility index (Phi) is 5.76. The van der Waals surface area contributed by atoms with E-state index in [0.717, 1.165) is 16.3 Å². The lowest BCUT2D eigenvalue weighted by Gasteiger charge is -2.05. The number of nitrogens with one attached hydrogen (secondary N) is 1. The maximum atomic E-state index is 11.8. The van der Waals surface area contributed by atoms with E-state index in [9.17, 15) is 4.79 Å². The molecule has 0 aliphatic rings. The van der Waals surface area contributed by atoms with Gasteiger partial charge in [0.2, 0.25) is 5.91 Å². The summed E-state index contributed by atoms with van der Waals surface area (Å²) in [5.74, 6) is 0.486. The number of carbonyl (C=O) groups is 1. The number of nitrogens with zero attached hydrogens (tertiary/aromatic N) is 1. The molecule has 2 rings (SSSR count). The zero-order valence-corrected chi connectivity index (χ0v) is 13.8. The molecule has 1 aromatic carbocycles. The van der Waals surface area contributed by atoms with Crippen LogP contribution in [-0.2, 0) is 17.8 Å². The number of hydrogen-bond acceptors (Lipinski definition) is 3. The van der Waals surface area contributed by atoms with Crippen LogP contribution in [0.5, 0.6) is 0 Å². The van der Waals surface area contributed by atoms with E-state index in [1.807, 2.05) is 24.3 Å². The first-order valence-corrected chi connectivity index (χ1v) is 8.26. The molecule has 0 aliphatic carbocycles. The first kappa shape index (κ1) is 16.0. The van der Waals surface area contributed by atoms with Crippen molar-refractivity contribution in [2.75, 3.05) is 0 Å². The van der Waals surface area contributed by atoms with Crippen molar-refractivity contribution in [3.8, 4) is 0 Å².